The Morgan fingerprint density at radius 2 is 1.81 bits per heavy atom. The highest BCUT2D eigenvalue weighted by molar-refractivity contribution is 6.30. The number of nitrogens with one attached hydrogen (secondary N) is 1. The first-order valence-corrected chi connectivity index (χ1v) is 8.31. The molecule has 0 spiro atoms. The minimum atomic E-state index is -0.729. The average Bonchev–Trinajstić information content (AvgIpc) is 3.20. The van der Waals surface area contributed by atoms with Gasteiger partial charge in [0.15, 0.2) is 11.5 Å². The van der Waals surface area contributed by atoms with Gasteiger partial charge in [0.05, 0.1) is 0 Å². The third-order valence-electron chi connectivity index (χ3n) is 4.69. The number of carbonyl (C=O) groups is 3. The summed E-state index contributed by atoms with van der Waals surface area (Å²) >= 11 is 0. The summed E-state index contributed by atoms with van der Waals surface area (Å²) in [5.41, 5.74) is 3.28. The van der Waals surface area contributed by atoms with E-state index in [0.717, 1.165) is 22.0 Å². The molecular formula is C19H17N3O5. The first-order valence-electron chi connectivity index (χ1n) is 8.31. The van der Waals surface area contributed by atoms with Crippen molar-refractivity contribution in [2.45, 2.75) is 13.8 Å². The van der Waals surface area contributed by atoms with E-state index >= 15 is 0 Å². The summed E-state index contributed by atoms with van der Waals surface area (Å²) < 4.78 is 12.8. The fourth-order valence-corrected chi connectivity index (χ4v) is 3.26. The molecule has 1 saturated heterocycles. The SMILES string of the molecule is Cc1cc(/C=C2/C(=O)NC(=O)N(C)C2=O)c(C)n1-c1ccc2c(c1)OCO2. The Morgan fingerprint density at radius 3 is 2.59 bits per heavy atom. The van der Waals surface area contributed by atoms with Crippen molar-refractivity contribution in [1.29, 1.82) is 0 Å². The predicted molar refractivity (Wildman–Crippen MR) is 95.7 cm³/mol. The van der Waals surface area contributed by atoms with Gasteiger partial charge < -0.3 is 14.0 Å². The number of benzene rings is 1. The van der Waals surface area contributed by atoms with Crippen molar-refractivity contribution < 1.29 is 23.9 Å². The van der Waals surface area contributed by atoms with Crippen LogP contribution in [-0.2, 0) is 9.59 Å². The summed E-state index contributed by atoms with van der Waals surface area (Å²) in [6, 6.07) is 6.78. The van der Waals surface area contributed by atoms with Crippen LogP contribution in [0.1, 0.15) is 17.0 Å². The molecule has 1 aromatic heterocycles. The van der Waals surface area contributed by atoms with Crippen molar-refractivity contribution in [2.24, 2.45) is 0 Å². The van der Waals surface area contributed by atoms with E-state index < -0.39 is 17.8 Å². The minimum absolute atomic E-state index is 0.0805. The zero-order valence-corrected chi connectivity index (χ0v) is 15.0. The van der Waals surface area contributed by atoms with Crippen molar-refractivity contribution >= 4 is 23.9 Å². The van der Waals surface area contributed by atoms with Gasteiger partial charge in [-0.2, -0.15) is 0 Å². The molecule has 2 aliphatic heterocycles. The molecule has 2 aromatic rings. The Hall–Kier alpha value is -3.55. The molecule has 0 saturated carbocycles. The molecule has 138 valence electrons. The lowest BCUT2D eigenvalue weighted by atomic mass is 10.1. The second kappa shape index (κ2) is 6.01. The van der Waals surface area contributed by atoms with E-state index in [-0.39, 0.29) is 12.4 Å². The number of imide groups is 2. The van der Waals surface area contributed by atoms with Gasteiger partial charge in [-0.05, 0) is 43.7 Å². The Labute approximate surface area is 155 Å². The summed E-state index contributed by atoms with van der Waals surface area (Å²) in [5.74, 6) is 0.0372. The number of urea groups is 1. The quantitative estimate of drug-likeness (QED) is 0.647. The summed E-state index contributed by atoms with van der Waals surface area (Å²) in [4.78, 5) is 36.8. The minimum Gasteiger partial charge on any atom is -0.454 e. The van der Waals surface area contributed by atoms with Gasteiger partial charge in [0.2, 0.25) is 6.79 Å². The first-order chi connectivity index (χ1) is 12.9. The number of barbiturate groups is 1. The van der Waals surface area contributed by atoms with Gasteiger partial charge in [-0.15, -0.1) is 0 Å². The highest BCUT2D eigenvalue weighted by Gasteiger charge is 2.33. The number of likely N-dealkylation sites (N-methyl/N-ethyl adjacent to an activating group) is 1. The number of amides is 4. The van der Waals surface area contributed by atoms with E-state index in [1.165, 1.54) is 13.1 Å². The molecule has 8 heteroatoms. The fraction of sp³-hybridized carbons (Fsp3) is 0.211. The van der Waals surface area contributed by atoms with Gasteiger partial charge in [0.1, 0.15) is 5.57 Å². The zero-order chi connectivity index (χ0) is 19.3. The fourth-order valence-electron chi connectivity index (χ4n) is 3.26. The third kappa shape index (κ3) is 2.66. The number of ether oxygens (including phenoxy) is 2. The monoisotopic (exact) mass is 367 g/mol. The highest BCUT2D eigenvalue weighted by atomic mass is 16.7. The molecule has 1 fully saturated rings. The van der Waals surface area contributed by atoms with Crippen LogP contribution in [0.2, 0.25) is 0 Å². The highest BCUT2D eigenvalue weighted by Crippen LogP contribution is 2.35. The van der Waals surface area contributed by atoms with Crippen LogP contribution < -0.4 is 14.8 Å². The van der Waals surface area contributed by atoms with Crippen LogP contribution in [0.15, 0.2) is 29.8 Å². The molecule has 27 heavy (non-hydrogen) atoms. The lowest BCUT2D eigenvalue weighted by molar-refractivity contribution is -0.129. The van der Waals surface area contributed by atoms with Crippen molar-refractivity contribution in [1.82, 2.24) is 14.8 Å². The average molecular weight is 367 g/mol. The Bertz CT molecular complexity index is 1030. The lowest BCUT2D eigenvalue weighted by Crippen LogP contribution is -2.52. The zero-order valence-electron chi connectivity index (χ0n) is 15.0. The van der Waals surface area contributed by atoms with Crippen LogP contribution in [0.25, 0.3) is 11.8 Å². The molecule has 4 rings (SSSR count). The number of nitrogens with zero attached hydrogens (tertiary/aromatic N) is 2. The van der Waals surface area contributed by atoms with Crippen molar-refractivity contribution in [3.63, 3.8) is 0 Å². The van der Waals surface area contributed by atoms with Gasteiger partial charge in [-0.3, -0.25) is 19.8 Å². The van der Waals surface area contributed by atoms with Gasteiger partial charge in [-0.1, -0.05) is 0 Å². The van der Waals surface area contributed by atoms with Gasteiger partial charge in [-0.25, -0.2) is 4.79 Å². The van der Waals surface area contributed by atoms with Crippen molar-refractivity contribution in [3.8, 4) is 17.2 Å². The van der Waals surface area contributed by atoms with E-state index in [0.29, 0.717) is 17.1 Å². The van der Waals surface area contributed by atoms with E-state index in [2.05, 4.69) is 5.32 Å². The maximum absolute atomic E-state index is 12.3. The van der Waals surface area contributed by atoms with E-state index in [1.54, 1.807) is 0 Å². The molecule has 2 aliphatic rings. The summed E-state index contributed by atoms with van der Waals surface area (Å²) in [6.07, 6.45) is 1.51. The molecule has 0 bridgehead atoms. The number of aromatic nitrogens is 1. The van der Waals surface area contributed by atoms with Gasteiger partial charge in [0.25, 0.3) is 11.8 Å². The number of carbonyl (C=O) groups excluding carboxylic acids is 3. The summed E-state index contributed by atoms with van der Waals surface area (Å²) in [5, 5.41) is 2.15. The van der Waals surface area contributed by atoms with Crippen LogP contribution in [0.3, 0.4) is 0 Å². The maximum Gasteiger partial charge on any atom is 0.331 e. The molecule has 8 nitrogen and oxygen atoms in total. The first kappa shape index (κ1) is 16.9. The molecule has 0 radical (unpaired) electrons. The van der Waals surface area contributed by atoms with Gasteiger partial charge in [0, 0.05) is 30.2 Å². The van der Waals surface area contributed by atoms with Gasteiger partial charge >= 0.3 is 6.03 Å². The van der Waals surface area contributed by atoms with E-state index in [1.807, 2.05) is 42.7 Å². The Morgan fingerprint density at radius 1 is 1.07 bits per heavy atom. The molecular weight excluding hydrogens is 350 g/mol. The standard InChI is InChI=1S/C19H17N3O5/c1-10-6-12(7-14-17(23)20-19(25)21(3)18(14)24)11(2)22(10)13-4-5-15-16(8-13)27-9-26-15/h4-8H,9H2,1-3H3,(H,20,23,25)/b14-7-. The smallest absolute Gasteiger partial charge is 0.331 e. The number of hydrogen-bond acceptors (Lipinski definition) is 5. The topological polar surface area (TPSA) is 89.9 Å². The second-order valence-electron chi connectivity index (χ2n) is 6.38. The lowest BCUT2D eigenvalue weighted by Gasteiger charge is -2.22. The van der Waals surface area contributed by atoms with Crippen LogP contribution >= 0.6 is 0 Å². The van der Waals surface area contributed by atoms with Crippen LogP contribution in [0, 0.1) is 13.8 Å². The number of aryl methyl sites for hydroxylation is 1. The summed E-state index contributed by atoms with van der Waals surface area (Å²) in [7, 11) is 1.33. The third-order valence-corrected chi connectivity index (χ3v) is 4.69. The number of hydrogen-bond donors (Lipinski definition) is 1. The van der Waals surface area contributed by atoms with E-state index in [9.17, 15) is 14.4 Å². The van der Waals surface area contributed by atoms with E-state index in [4.69, 9.17) is 9.47 Å². The Balaban J connectivity index is 1.76. The number of fused-ring (bicyclic) bond motifs is 1. The molecule has 0 unspecified atom stereocenters. The predicted octanol–water partition coefficient (Wildman–Crippen LogP) is 1.91. The molecule has 3 heterocycles. The van der Waals surface area contributed by atoms with Crippen LogP contribution in [-0.4, -0.2) is 41.2 Å². The maximum atomic E-state index is 12.3. The van der Waals surface area contributed by atoms with Crippen LogP contribution in [0.4, 0.5) is 4.79 Å². The molecule has 4 amide bonds. The Kier molecular flexibility index (Phi) is 3.76. The van der Waals surface area contributed by atoms with Crippen molar-refractivity contribution in [3.05, 3.63) is 46.8 Å². The molecule has 1 N–H and O–H groups in total. The van der Waals surface area contributed by atoms with Crippen LogP contribution in [0.5, 0.6) is 11.5 Å². The normalized spacial score (nSPS) is 17.7. The number of rotatable bonds is 2. The molecule has 0 atom stereocenters. The molecule has 1 aromatic carbocycles. The summed E-state index contributed by atoms with van der Waals surface area (Å²) in [6.45, 7) is 4.02. The van der Waals surface area contributed by atoms with Crippen molar-refractivity contribution in [2.75, 3.05) is 13.8 Å². The second-order valence-corrected chi connectivity index (χ2v) is 6.38. The molecule has 0 aliphatic carbocycles. The largest absolute Gasteiger partial charge is 0.454 e.